The highest BCUT2D eigenvalue weighted by atomic mass is 15.2. The molecule has 0 aliphatic carbocycles. The molecule has 0 amide bonds. The van der Waals surface area contributed by atoms with E-state index in [-0.39, 0.29) is 0 Å². The number of aromatic nitrogens is 1. The van der Waals surface area contributed by atoms with Crippen molar-refractivity contribution in [3.8, 4) is 0 Å². The maximum atomic E-state index is 4.28. The summed E-state index contributed by atoms with van der Waals surface area (Å²) in [5, 5.41) is 0. The minimum Gasteiger partial charge on any atom is -0.296 e. The van der Waals surface area contributed by atoms with Crippen LogP contribution in [0.3, 0.4) is 0 Å². The Labute approximate surface area is 111 Å². The van der Waals surface area contributed by atoms with Crippen LogP contribution in [0, 0.1) is 0 Å². The van der Waals surface area contributed by atoms with Gasteiger partial charge in [0.2, 0.25) is 0 Å². The highest BCUT2D eigenvalue weighted by Gasteiger charge is 2.23. The summed E-state index contributed by atoms with van der Waals surface area (Å²) in [6.07, 6.45) is 13.4. The summed E-state index contributed by atoms with van der Waals surface area (Å²) < 4.78 is 0. The second kappa shape index (κ2) is 7.52. The highest BCUT2D eigenvalue weighted by Crippen LogP contribution is 2.30. The molecule has 1 aliphatic rings. The van der Waals surface area contributed by atoms with E-state index in [0.717, 1.165) is 0 Å². The molecule has 2 heteroatoms. The van der Waals surface area contributed by atoms with Crippen LogP contribution < -0.4 is 0 Å². The lowest BCUT2D eigenvalue weighted by Crippen LogP contribution is -2.34. The molecule has 1 aromatic rings. The van der Waals surface area contributed by atoms with Crippen molar-refractivity contribution >= 4 is 0 Å². The minimum absolute atomic E-state index is 0.620. The Balaban J connectivity index is 1.90. The number of rotatable bonds is 6. The molecular formula is C16H26N2. The molecule has 1 unspecified atom stereocenters. The zero-order valence-corrected chi connectivity index (χ0v) is 11.6. The van der Waals surface area contributed by atoms with Crippen molar-refractivity contribution in [2.75, 3.05) is 13.1 Å². The maximum Gasteiger partial charge on any atom is 0.0363 e. The van der Waals surface area contributed by atoms with Gasteiger partial charge in [-0.1, -0.05) is 38.7 Å². The molecule has 1 atom stereocenters. The third kappa shape index (κ3) is 3.81. The molecule has 1 aliphatic heterocycles. The van der Waals surface area contributed by atoms with Crippen LogP contribution in [0.25, 0.3) is 0 Å². The summed E-state index contributed by atoms with van der Waals surface area (Å²) >= 11 is 0. The van der Waals surface area contributed by atoms with Crippen LogP contribution in [0.1, 0.15) is 63.5 Å². The number of piperidine rings is 1. The number of unbranched alkanes of at least 4 members (excludes halogenated alkanes) is 3. The normalized spacial score (nSPS) is 21.1. The first-order valence-electron chi connectivity index (χ1n) is 7.56. The Morgan fingerprint density at radius 2 is 2.22 bits per heavy atom. The van der Waals surface area contributed by atoms with Crippen LogP contribution in [0.15, 0.2) is 24.5 Å². The van der Waals surface area contributed by atoms with Gasteiger partial charge in [0.05, 0.1) is 0 Å². The van der Waals surface area contributed by atoms with Crippen molar-refractivity contribution in [2.24, 2.45) is 0 Å². The first-order valence-corrected chi connectivity index (χ1v) is 7.56. The topological polar surface area (TPSA) is 16.1 Å². The third-order valence-corrected chi connectivity index (χ3v) is 3.98. The molecule has 2 heterocycles. The van der Waals surface area contributed by atoms with Gasteiger partial charge < -0.3 is 0 Å². The van der Waals surface area contributed by atoms with Gasteiger partial charge in [-0.05, 0) is 44.0 Å². The van der Waals surface area contributed by atoms with E-state index in [0.29, 0.717) is 6.04 Å². The number of hydrogen-bond donors (Lipinski definition) is 0. The van der Waals surface area contributed by atoms with Crippen LogP contribution in [-0.4, -0.2) is 23.0 Å². The molecule has 2 rings (SSSR count). The van der Waals surface area contributed by atoms with Gasteiger partial charge in [-0.3, -0.25) is 9.88 Å². The van der Waals surface area contributed by atoms with Crippen LogP contribution in [0.5, 0.6) is 0 Å². The number of likely N-dealkylation sites (tertiary alicyclic amines) is 1. The lowest BCUT2D eigenvalue weighted by Gasteiger charge is -2.36. The van der Waals surface area contributed by atoms with Gasteiger partial charge in [0.15, 0.2) is 0 Å². The summed E-state index contributed by atoms with van der Waals surface area (Å²) in [6.45, 7) is 4.81. The molecule has 1 fully saturated rings. The molecular weight excluding hydrogens is 220 g/mol. The van der Waals surface area contributed by atoms with Gasteiger partial charge in [0.25, 0.3) is 0 Å². The first-order chi connectivity index (χ1) is 8.92. The van der Waals surface area contributed by atoms with Crippen LogP contribution >= 0.6 is 0 Å². The second-order valence-electron chi connectivity index (χ2n) is 5.39. The van der Waals surface area contributed by atoms with E-state index in [1.165, 1.54) is 63.6 Å². The lowest BCUT2D eigenvalue weighted by molar-refractivity contribution is 0.145. The fraction of sp³-hybridized carbons (Fsp3) is 0.688. The fourth-order valence-electron chi connectivity index (χ4n) is 2.95. The van der Waals surface area contributed by atoms with Crippen molar-refractivity contribution in [2.45, 2.75) is 57.9 Å². The van der Waals surface area contributed by atoms with E-state index in [1.54, 1.807) is 0 Å². The molecule has 18 heavy (non-hydrogen) atoms. The van der Waals surface area contributed by atoms with Gasteiger partial charge in [-0.15, -0.1) is 0 Å². The van der Waals surface area contributed by atoms with Crippen LogP contribution in [0.4, 0.5) is 0 Å². The number of hydrogen-bond acceptors (Lipinski definition) is 2. The molecule has 2 nitrogen and oxygen atoms in total. The molecule has 0 aromatic carbocycles. The SMILES string of the molecule is CCCCCCN1CCCCC1c1cccnc1. The van der Waals surface area contributed by atoms with E-state index in [2.05, 4.69) is 35.1 Å². The predicted molar refractivity (Wildman–Crippen MR) is 76.5 cm³/mol. The van der Waals surface area contributed by atoms with Crippen molar-refractivity contribution in [1.82, 2.24) is 9.88 Å². The first kappa shape index (κ1) is 13.5. The fourth-order valence-corrected chi connectivity index (χ4v) is 2.95. The van der Waals surface area contributed by atoms with E-state index in [1.807, 2.05) is 6.20 Å². The van der Waals surface area contributed by atoms with E-state index in [4.69, 9.17) is 0 Å². The van der Waals surface area contributed by atoms with Crippen LogP contribution in [-0.2, 0) is 0 Å². The monoisotopic (exact) mass is 246 g/mol. The molecule has 0 spiro atoms. The lowest BCUT2D eigenvalue weighted by atomic mass is 9.96. The molecule has 1 aromatic heterocycles. The van der Waals surface area contributed by atoms with Crippen molar-refractivity contribution in [3.05, 3.63) is 30.1 Å². The standard InChI is InChI=1S/C16H26N2/c1-2-3-4-6-12-18-13-7-5-10-16(18)15-9-8-11-17-14-15/h8-9,11,14,16H,2-7,10,12-13H2,1H3. The van der Waals surface area contributed by atoms with Crippen molar-refractivity contribution < 1.29 is 0 Å². The summed E-state index contributed by atoms with van der Waals surface area (Å²) in [5.74, 6) is 0. The Morgan fingerprint density at radius 1 is 1.28 bits per heavy atom. The number of pyridine rings is 1. The largest absolute Gasteiger partial charge is 0.296 e. The van der Waals surface area contributed by atoms with Gasteiger partial charge in [0.1, 0.15) is 0 Å². The molecule has 0 N–H and O–H groups in total. The summed E-state index contributed by atoms with van der Waals surface area (Å²) in [7, 11) is 0. The molecule has 1 saturated heterocycles. The molecule has 0 bridgehead atoms. The molecule has 100 valence electrons. The smallest absolute Gasteiger partial charge is 0.0363 e. The van der Waals surface area contributed by atoms with Gasteiger partial charge in [-0.2, -0.15) is 0 Å². The third-order valence-electron chi connectivity index (χ3n) is 3.98. The summed E-state index contributed by atoms with van der Waals surface area (Å²) in [5.41, 5.74) is 1.41. The average Bonchev–Trinajstić information content (AvgIpc) is 2.45. The minimum atomic E-state index is 0.620. The average molecular weight is 246 g/mol. The van der Waals surface area contributed by atoms with Crippen molar-refractivity contribution in [1.29, 1.82) is 0 Å². The Bertz CT molecular complexity index is 323. The van der Waals surface area contributed by atoms with Gasteiger partial charge in [-0.25, -0.2) is 0 Å². The van der Waals surface area contributed by atoms with E-state index >= 15 is 0 Å². The zero-order chi connectivity index (χ0) is 12.6. The Kier molecular flexibility index (Phi) is 5.66. The maximum absolute atomic E-state index is 4.28. The highest BCUT2D eigenvalue weighted by molar-refractivity contribution is 5.14. The number of nitrogens with zero attached hydrogens (tertiary/aromatic N) is 2. The summed E-state index contributed by atoms with van der Waals surface area (Å²) in [4.78, 5) is 6.95. The van der Waals surface area contributed by atoms with Crippen molar-refractivity contribution in [3.63, 3.8) is 0 Å². The van der Waals surface area contributed by atoms with Gasteiger partial charge >= 0.3 is 0 Å². The predicted octanol–water partition coefficient (Wildman–Crippen LogP) is 4.19. The van der Waals surface area contributed by atoms with Gasteiger partial charge in [0, 0.05) is 18.4 Å². The molecule has 0 radical (unpaired) electrons. The Hall–Kier alpha value is -0.890. The quantitative estimate of drug-likeness (QED) is 0.700. The summed E-state index contributed by atoms with van der Waals surface area (Å²) in [6, 6.07) is 4.93. The Morgan fingerprint density at radius 3 is 3.00 bits per heavy atom. The van der Waals surface area contributed by atoms with Crippen LogP contribution in [0.2, 0.25) is 0 Å². The van der Waals surface area contributed by atoms with E-state index in [9.17, 15) is 0 Å². The van der Waals surface area contributed by atoms with E-state index < -0.39 is 0 Å². The molecule has 0 saturated carbocycles. The second-order valence-corrected chi connectivity index (χ2v) is 5.39. The zero-order valence-electron chi connectivity index (χ0n) is 11.6.